The lowest BCUT2D eigenvalue weighted by atomic mass is 10.0. The van der Waals surface area contributed by atoms with Crippen molar-refractivity contribution in [2.45, 2.75) is 38.0 Å². The fourth-order valence-electron chi connectivity index (χ4n) is 3.08. The Morgan fingerprint density at radius 1 is 1.20 bits per heavy atom. The Hall–Kier alpha value is -1.07. The molecule has 0 aromatic heterocycles. The third kappa shape index (κ3) is 3.52. The van der Waals surface area contributed by atoms with Gasteiger partial charge in [-0.3, -0.25) is 4.90 Å². The molecule has 112 valence electrons. The number of hydrogen-bond donors (Lipinski definition) is 1. The van der Waals surface area contributed by atoms with Crippen LogP contribution in [0.1, 0.15) is 30.4 Å². The molecule has 1 aliphatic rings. The van der Waals surface area contributed by atoms with Crippen LogP contribution in [0.3, 0.4) is 0 Å². The van der Waals surface area contributed by atoms with E-state index in [1.54, 1.807) is 12.1 Å². The normalized spacial score (nSPS) is 23.5. The van der Waals surface area contributed by atoms with E-state index in [1.165, 1.54) is 6.42 Å². The van der Waals surface area contributed by atoms with E-state index in [2.05, 4.69) is 4.90 Å². The van der Waals surface area contributed by atoms with Gasteiger partial charge < -0.3 is 5.73 Å². The van der Waals surface area contributed by atoms with Gasteiger partial charge in [-0.15, -0.1) is 0 Å². The first-order valence-corrected chi connectivity index (χ1v) is 6.98. The van der Waals surface area contributed by atoms with E-state index >= 15 is 0 Å². The van der Waals surface area contributed by atoms with Crippen LogP contribution in [0, 0.1) is 5.92 Å². The molecule has 1 fully saturated rings. The van der Waals surface area contributed by atoms with Gasteiger partial charge in [0.15, 0.2) is 0 Å². The smallest absolute Gasteiger partial charge is 0.330 e. The highest BCUT2D eigenvalue weighted by Crippen LogP contribution is 2.31. The topological polar surface area (TPSA) is 29.3 Å². The quantitative estimate of drug-likeness (QED) is 0.920. The number of rotatable bonds is 4. The molecule has 2 nitrogen and oxygen atoms in total. The number of hydrogen-bond acceptors (Lipinski definition) is 2. The zero-order chi connectivity index (χ0) is 14.8. The third-order valence-corrected chi connectivity index (χ3v) is 4.20. The molecular weight excluding hydrogens is 265 g/mol. The summed E-state index contributed by atoms with van der Waals surface area (Å²) in [6, 6.07) is 5.87. The van der Waals surface area contributed by atoms with Crippen LogP contribution < -0.4 is 5.73 Å². The molecule has 5 heteroatoms. The lowest BCUT2D eigenvalue weighted by Gasteiger charge is -2.29. The summed E-state index contributed by atoms with van der Waals surface area (Å²) in [5, 5.41) is 0. The zero-order valence-electron chi connectivity index (χ0n) is 11.7. The van der Waals surface area contributed by atoms with Gasteiger partial charge in [-0.25, -0.2) is 0 Å². The van der Waals surface area contributed by atoms with E-state index in [4.69, 9.17) is 5.73 Å². The second-order valence-corrected chi connectivity index (χ2v) is 5.60. The van der Waals surface area contributed by atoms with E-state index < -0.39 is 11.7 Å². The fourth-order valence-corrected chi connectivity index (χ4v) is 3.08. The molecule has 1 aliphatic carbocycles. The summed E-state index contributed by atoms with van der Waals surface area (Å²) in [5.74, 6) is 0.509. The van der Waals surface area contributed by atoms with Crippen molar-refractivity contribution < 1.29 is 13.2 Å². The van der Waals surface area contributed by atoms with E-state index in [-0.39, 0.29) is 0 Å². The largest absolute Gasteiger partial charge is 0.416 e. The Kier molecular flexibility index (Phi) is 4.70. The standard InChI is InChI=1S/C15H21F3N2/c1-20(14-4-2-3-12(14)9-19)10-11-5-7-13(8-6-11)15(16,17)18/h5-8,12,14H,2-4,9-10,19H2,1H3. The summed E-state index contributed by atoms with van der Waals surface area (Å²) in [6.07, 6.45) is -0.804. The number of halogens is 3. The highest BCUT2D eigenvalue weighted by atomic mass is 19.4. The van der Waals surface area contributed by atoms with Crippen molar-refractivity contribution in [1.29, 1.82) is 0 Å². The lowest BCUT2D eigenvalue weighted by Crippen LogP contribution is -2.37. The number of nitrogens with zero attached hydrogens (tertiary/aromatic N) is 1. The van der Waals surface area contributed by atoms with Crippen LogP contribution in [0.4, 0.5) is 13.2 Å². The number of benzene rings is 1. The molecule has 0 bridgehead atoms. The maximum Gasteiger partial charge on any atom is 0.416 e. The van der Waals surface area contributed by atoms with E-state index in [0.717, 1.165) is 30.5 Å². The molecule has 0 heterocycles. The van der Waals surface area contributed by atoms with Gasteiger partial charge in [0.25, 0.3) is 0 Å². The summed E-state index contributed by atoms with van der Waals surface area (Å²) in [6.45, 7) is 1.35. The Balaban J connectivity index is 1.99. The van der Waals surface area contributed by atoms with Crippen molar-refractivity contribution in [3.05, 3.63) is 35.4 Å². The minimum atomic E-state index is -4.26. The second kappa shape index (κ2) is 6.14. The summed E-state index contributed by atoms with van der Waals surface area (Å²) in [7, 11) is 2.02. The minimum Gasteiger partial charge on any atom is -0.330 e. The molecule has 1 aromatic rings. The molecular formula is C15H21F3N2. The summed E-state index contributed by atoms with van der Waals surface area (Å²) in [5.41, 5.74) is 6.08. The number of nitrogens with two attached hydrogens (primary N) is 1. The summed E-state index contributed by atoms with van der Waals surface area (Å²) >= 11 is 0. The van der Waals surface area contributed by atoms with Crippen LogP contribution >= 0.6 is 0 Å². The Bertz CT molecular complexity index is 428. The van der Waals surface area contributed by atoms with Crippen molar-refractivity contribution in [3.63, 3.8) is 0 Å². The molecule has 0 radical (unpaired) electrons. The Morgan fingerprint density at radius 3 is 2.40 bits per heavy atom. The van der Waals surface area contributed by atoms with E-state index in [0.29, 0.717) is 25.0 Å². The Labute approximate surface area is 117 Å². The van der Waals surface area contributed by atoms with Gasteiger partial charge in [-0.05, 0) is 50.0 Å². The average Bonchev–Trinajstić information content (AvgIpc) is 2.86. The van der Waals surface area contributed by atoms with Crippen molar-refractivity contribution in [2.75, 3.05) is 13.6 Å². The molecule has 0 spiro atoms. The van der Waals surface area contributed by atoms with Crippen molar-refractivity contribution in [1.82, 2.24) is 4.90 Å². The molecule has 2 atom stereocenters. The first-order valence-electron chi connectivity index (χ1n) is 6.98. The maximum absolute atomic E-state index is 12.5. The van der Waals surface area contributed by atoms with Crippen LogP contribution in [0.25, 0.3) is 0 Å². The van der Waals surface area contributed by atoms with Crippen LogP contribution in [-0.2, 0) is 12.7 Å². The predicted molar refractivity (Wildman–Crippen MR) is 73.1 cm³/mol. The third-order valence-electron chi connectivity index (χ3n) is 4.20. The van der Waals surface area contributed by atoms with Gasteiger partial charge in [0, 0.05) is 12.6 Å². The SMILES string of the molecule is CN(Cc1ccc(C(F)(F)F)cc1)C1CCCC1CN. The highest BCUT2D eigenvalue weighted by Gasteiger charge is 2.31. The van der Waals surface area contributed by atoms with Gasteiger partial charge >= 0.3 is 6.18 Å². The molecule has 2 rings (SSSR count). The van der Waals surface area contributed by atoms with Gasteiger partial charge in [0.2, 0.25) is 0 Å². The fraction of sp³-hybridized carbons (Fsp3) is 0.600. The van der Waals surface area contributed by atoms with Crippen LogP contribution in [-0.4, -0.2) is 24.5 Å². The molecule has 2 N–H and O–H groups in total. The van der Waals surface area contributed by atoms with E-state index in [1.807, 2.05) is 7.05 Å². The van der Waals surface area contributed by atoms with Gasteiger partial charge in [-0.1, -0.05) is 18.6 Å². The van der Waals surface area contributed by atoms with Crippen molar-refractivity contribution >= 4 is 0 Å². The van der Waals surface area contributed by atoms with Crippen LogP contribution in [0.5, 0.6) is 0 Å². The first-order chi connectivity index (χ1) is 9.41. The van der Waals surface area contributed by atoms with Gasteiger partial charge in [0.05, 0.1) is 5.56 Å². The van der Waals surface area contributed by atoms with Crippen molar-refractivity contribution in [2.24, 2.45) is 11.7 Å². The molecule has 0 saturated heterocycles. The van der Waals surface area contributed by atoms with Crippen LogP contribution in [0.15, 0.2) is 24.3 Å². The minimum absolute atomic E-state index is 0.447. The lowest BCUT2D eigenvalue weighted by molar-refractivity contribution is -0.137. The summed E-state index contributed by atoms with van der Waals surface area (Å²) in [4.78, 5) is 2.22. The molecule has 2 unspecified atom stereocenters. The van der Waals surface area contributed by atoms with E-state index in [9.17, 15) is 13.2 Å². The predicted octanol–water partition coefficient (Wildman–Crippen LogP) is 3.26. The monoisotopic (exact) mass is 286 g/mol. The first kappa shape index (κ1) is 15.3. The molecule has 0 aliphatic heterocycles. The molecule has 1 aromatic carbocycles. The maximum atomic E-state index is 12.5. The van der Waals surface area contributed by atoms with Gasteiger partial charge in [-0.2, -0.15) is 13.2 Å². The highest BCUT2D eigenvalue weighted by molar-refractivity contribution is 5.24. The molecule has 0 amide bonds. The van der Waals surface area contributed by atoms with Crippen LogP contribution in [0.2, 0.25) is 0 Å². The molecule has 1 saturated carbocycles. The summed E-state index contributed by atoms with van der Waals surface area (Å²) < 4.78 is 37.5. The molecule has 20 heavy (non-hydrogen) atoms. The van der Waals surface area contributed by atoms with Crippen molar-refractivity contribution in [3.8, 4) is 0 Å². The number of alkyl halides is 3. The average molecular weight is 286 g/mol. The second-order valence-electron chi connectivity index (χ2n) is 5.60. The Morgan fingerprint density at radius 2 is 1.85 bits per heavy atom. The zero-order valence-corrected chi connectivity index (χ0v) is 11.7. The van der Waals surface area contributed by atoms with Gasteiger partial charge in [0.1, 0.15) is 0 Å².